The number of hydrazine groups is 1. The Balaban J connectivity index is 2.39. The Kier molecular flexibility index (Phi) is 5.57. The SMILES string of the molecule is Cc1cccc(C(NN)c2cccc(CC(C)C)c2)c1Br. The number of hydrogen-bond acceptors (Lipinski definition) is 2. The lowest BCUT2D eigenvalue weighted by Crippen LogP contribution is -2.29. The fraction of sp³-hybridized carbons (Fsp3) is 0.333. The second kappa shape index (κ2) is 7.21. The Morgan fingerprint density at radius 3 is 2.52 bits per heavy atom. The van der Waals surface area contributed by atoms with Gasteiger partial charge in [0.25, 0.3) is 0 Å². The molecule has 0 spiro atoms. The molecule has 1 unspecified atom stereocenters. The minimum absolute atomic E-state index is 0.00797. The maximum atomic E-state index is 5.84. The first-order valence-electron chi connectivity index (χ1n) is 7.33. The van der Waals surface area contributed by atoms with Crippen molar-refractivity contribution in [2.45, 2.75) is 33.2 Å². The van der Waals surface area contributed by atoms with E-state index in [2.05, 4.69) is 84.6 Å². The minimum atomic E-state index is -0.00797. The lowest BCUT2D eigenvalue weighted by molar-refractivity contribution is 0.626. The molecule has 0 heterocycles. The summed E-state index contributed by atoms with van der Waals surface area (Å²) in [4.78, 5) is 0. The van der Waals surface area contributed by atoms with Crippen LogP contribution in [0.4, 0.5) is 0 Å². The molecule has 0 aliphatic heterocycles. The zero-order valence-corrected chi connectivity index (χ0v) is 14.4. The largest absolute Gasteiger partial charge is 0.271 e. The maximum absolute atomic E-state index is 5.84. The third-order valence-corrected chi connectivity index (χ3v) is 4.71. The highest BCUT2D eigenvalue weighted by Crippen LogP contribution is 2.30. The molecule has 0 radical (unpaired) electrons. The van der Waals surface area contributed by atoms with Gasteiger partial charge in [0.2, 0.25) is 0 Å². The quantitative estimate of drug-likeness (QED) is 0.617. The summed E-state index contributed by atoms with van der Waals surface area (Å²) in [5.41, 5.74) is 7.88. The summed E-state index contributed by atoms with van der Waals surface area (Å²) in [6.45, 7) is 6.57. The van der Waals surface area contributed by atoms with Crippen LogP contribution in [-0.4, -0.2) is 0 Å². The molecule has 0 fully saturated rings. The number of halogens is 1. The molecule has 0 amide bonds. The van der Waals surface area contributed by atoms with E-state index in [1.807, 2.05) is 0 Å². The number of nitrogens with two attached hydrogens (primary N) is 1. The van der Waals surface area contributed by atoms with Gasteiger partial charge in [-0.15, -0.1) is 0 Å². The van der Waals surface area contributed by atoms with Gasteiger partial charge in [0.1, 0.15) is 0 Å². The molecule has 21 heavy (non-hydrogen) atoms. The molecule has 2 rings (SSSR count). The van der Waals surface area contributed by atoms with Crippen LogP contribution in [0, 0.1) is 12.8 Å². The molecule has 0 aliphatic rings. The zero-order chi connectivity index (χ0) is 15.4. The molecule has 2 nitrogen and oxygen atoms in total. The first-order chi connectivity index (χ1) is 10.0. The van der Waals surface area contributed by atoms with Gasteiger partial charge >= 0.3 is 0 Å². The molecule has 0 aliphatic carbocycles. The Labute approximate surface area is 135 Å². The first-order valence-corrected chi connectivity index (χ1v) is 8.12. The van der Waals surface area contributed by atoms with Crippen molar-refractivity contribution < 1.29 is 0 Å². The van der Waals surface area contributed by atoms with E-state index in [1.165, 1.54) is 22.3 Å². The van der Waals surface area contributed by atoms with E-state index < -0.39 is 0 Å². The molecule has 2 aromatic carbocycles. The van der Waals surface area contributed by atoms with Crippen LogP contribution in [0.2, 0.25) is 0 Å². The average molecular weight is 347 g/mol. The normalized spacial score (nSPS) is 12.7. The lowest BCUT2D eigenvalue weighted by atomic mass is 9.94. The highest BCUT2D eigenvalue weighted by molar-refractivity contribution is 9.10. The van der Waals surface area contributed by atoms with Crippen molar-refractivity contribution >= 4 is 15.9 Å². The Morgan fingerprint density at radius 2 is 1.86 bits per heavy atom. The number of nitrogens with one attached hydrogen (secondary N) is 1. The van der Waals surface area contributed by atoms with E-state index >= 15 is 0 Å². The molecular weight excluding hydrogens is 324 g/mol. The third-order valence-electron chi connectivity index (χ3n) is 3.63. The summed E-state index contributed by atoms with van der Waals surface area (Å²) in [5.74, 6) is 6.48. The second-order valence-electron chi connectivity index (χ2n) is 5.92. The molecule has 1 atom stereocenters. The van der Waals surface area contributed by atoms with Crippen molar-refractivity contribution in [1.82, 2.24) is 5.43 Å². The van der Waals surface area contributed by atoms with E-state index in [4.69, 9.17) is 5.84 Å². The van der Waals surface area contributed by atoms with Gasteiger partial charge in [-0.3, -0.25) is 5.84 Å². The predicted molar refractivity (Wildman–Crippen MR) is 93.0 cm³/mol. The van der Waals surface area contributed by atoms with Crippen LogP contribution >= 0.6 is 15.9 Å². The van der Waals surface area contributed by atoms with Crippen molar-refractivity contribution in [2.75, 3.05) is 0 Å². The Bertz CT molecular complexity index is 608. The van der Waals surface area contributed by atoms with Gasteiger partial charge in [0.15, 0.2) is 0 Å². The molecule has 0 bridgehead atoms. The topological polar surface area (TPSA) is 38.0 Å². The van der Waals surface area contributed by atoms with Gasteiger partial charge in [-0.2, -0.15) is 0 Å². The molecule has 3 heteroatoms. The molecule has 112 valence electrons. The van der Waals surface area contributed by atoms with Crippen LogP contribution in [0.25, 0.3) is 0 Å². The predicted octanol–water partition coefficient (Wildman–Crippen LogP) is 4.51. The first kappa shape index (κ1) is 16.2. The van der Waals surface area contributed by atoms with Gasteiger partial charge < -0.3 is 0 Å². The standard InChI is InChI=1S/C18H23BrN2/c1-12(2)10-14-7-5-8-15(11-14)18(21-20)16-9-4-6-13(3)17(16)19/h4-9,11-12,18,21H,10,20H2,1-3H3. The van der Waals surface area contributed by atoms with Crippen molar-refractivity contribution in [3.63, 3.8) is 0 Å². The van der Waals surface area contributed by atoms with Crippen LogP contribution < -0.4 is 11.3 Å². The Hall–Kier alpha value is -1.16. The van der Waals surface area contributed by atoms with Gasteiger partial charge in [-0.05, 0) is 41.5 Å². The minimum Gasteiger partial charge on any atom is -0.271 e. The highest BCUT2D eigenvalue weighted by Gasteiger charge is 2.16. The summed E-state index contributed by atoms with van der Waals surface area (Å²) in [7, 11) is 0. The van der Waals surface area contributed by atoms with Gasteiger partial charge in [-0.1, -0.05) is 72.2 Å². The molecule has 0 saturated heterocycles. The molecule has 2 aromatic rings. The fourth-order valence-corrected chi connectivity index (χ4v) is 3.12. The average Bonchev–Trinajstić information content (AvgIpc) is 2.44. The van der Waals surface area contributed by atoms with Crippen molar-refractivity contribution in [3.8, 4) is 0 Å². The molecule has 3 N–H and O–H groups in total. The van der Waals surface area contributed by atoms with Crippen LogP contribution in [0.3, 0.4) is 0 Å². The van der Waals surface area contributed by atoms with Crippen LogP contribution in [0.15, 0.2) is 46.9 Å². The van der Waals surface area contributed by atoms with Crippen molar-refractivity contribution in [1.29, 1.82) is 0 Å². The van der Waals surface area contributed by atoms with Crippen LogP contribution in [-0.2, 0) is 6.42 Å². The number of benzene rings is 2. The molecule has 0 aromatic heterocycles. The fourth-order valence-electron chi connectivity index (χ4n) is 2.63. The van der Waals surface area contributed by atoms with E-state index in [-0.39, 0.29) is 6.04 Å². The zero-order valence-electron chi connectivity index (χ0n) is 12.9. The Morgan fingerprint density at radius 1 is 1.14 bits per heavy atom. The number of aryl methyl sites for hydroxylation is 1. The van der Waals surface area contributed by atoms with E-state index in [9.17, 15) is 0 Å². The van der Waals surface area contributed by atoms with E-state index in [1.54, 1.807) is 0 Å². The number of hydrogen-bond donors (Lipinski definition) is 2. The summed E-state index contributed by atoms with van der Waals surface area (Å²) in [5, 5.41) is 0. The van der Waals surface area contributed by atoms with Gasteiger partial charge in [0, 0.05) is 4.47 Å². The third kappa shape index (κ3) is 3.94. The van der Waals surface area contributed by atoms with Crippen LogP contribution in [0.5, 0.6) is 0 Å². The summed E-state index contributed by atoms with van der Waals surface area (Å²) in [6, 6.07) is 14.9. The lowest BCUT2D eigenvalue weighted by Gasteiger charge is -2.20. The molecular formula is C18H23BrN2. The van der Waals surface area contributed by atoms with E-state index in [0.29, 0.717) is 5.92 Å². The van der Waals surface area contributed by atoms with Crippen LogP contribution in [0.1, 0.15) is 42.1 Å². The smallest absolute Gasteiger partial charge is 0.0721 e. The van der Waals surface area contributed by atoms with Gasteiger partial charge in [-0.25, -0.2) is 5.43 Å². The van der Waals surface area contributed by atoms with E-state index in [0.717, 1.165) is 10.9 Å². The maximum Gasteiger partial charge on any atom is 0.0721 e. The molecule has 0 saturated carbocycles. The highest BCUT2D eigenvalue weighted by atomic mass is 79.9. The van der Waals surface area contributed by atoms with Gasteiger partial charge in [0.05, 0.1) is 6.04 Å². The summed E-state index contributed by atoms with van der Waals surface area (Å²) < 4.78 is 1.11. The second-order valence-corrected chi connectivity index (χ2v) is 6.71. The van der Waals surface area contributed by atoms with Crippen molar-refractivity contribution in [3.05, 3.63) is 69.2 Å². The summed E-state index contributed by atoms with van der Waals surface area (Å²) in [6.07, 6.45) is 1.08. The number of rotatable bonds is 5. The monoisotopic (exact) mass is 346 g/mol. The summed E-state index contributed by atoms with van der Waals surface area (Å²) >= 11 is 3.68. The van der Waals surface area contributed by atoms with Crippen molar-refractivity contribution in [2.24, 2.45) is 11.8 Å².